The fraction of sp³-hybridized carbons (Fsp3) is 0.188. The Balaban J connectivity index is 2.37. The first kappa shape index (κ1) is 14.2. The van der Waals surface area contributed by atoms with Crippen molar-refractivity contribution in [3.63, 3.8) is 0 Å². The molecule has 0 atom stereocenters. The number of carbonyl (C=O) groups is 1. The fourth-order valence-corrected chi connectivity index (χ4v) is 2.09. The zero-order valence-corrected chi connectivity index (χ0v) is 11.6. The molecule has 0 aliphatic carbocycles. The third-order valence-corrected chi connectivity index (χ3v) is 3.23. The van der Waals surface area contributed by atoms with Gasteiger partial charge in [0.25, 0.3) is 5.91 Å². The smallest absolute Gasteiger partial charge is 0.260 e. The van der Waals surface area contributed by atoms with Gasteiger partial charge in [-0.25, -0.2) is 4.39 Å². The highest BCUT2D eigenvalue weighted by atomic mass is 19.1. The van der Waals surface area contributed by atoms with Gasteiger partial charge >= 0.3 is 0 Å². The van der Waals surface area contributed by atoms with Gasteiger partial charge < -0.3 is 10.6 Å². The second-order valence-corrected chi connectivity index (χ2v) is 4.68. The molecule has 2 rings (SSSR count). The molecule has 0 fully saturated rings. The van der Waals surface area contributed by atoms with Crippen LogP contribution < -0.4 is 10.6 Å². The summed E-state index contributed by atoms with van der Waals surface area (Å²) < 4.78 is 13.9. The molecule has 0 aromatic heterocycles. The molecule has 0 saturated heterocycles. The van der Waals surface area contributed by atoms with Crippen LogP contribution in [0, 0.1) is 12.7 Å². The third-order valence-electron chi connectivity index (χ3n) is 3.23. The summed E-state index contributed by atoms with van der Waals surface area (Å²) >= 11 is 0. The number of amides is 1. The van der Waals surface area contributed by atoms with E-state index in [9.17, 15) is 9.18 Å². The number of hydrogen-bond donors (Lipinski definition) is 1. The fourth-order valence-electron chi connectivity index (χ4n) is 2.09. The molecule has 20 heavy (non-hydrogen) atoms. The normalized spacial score (nSPS) is 10.4. The molecule has 3 nitrogen and oxygen atoms in total. The van der Waals surface area contributed by atoms with Crippen LogP contribution in [-0.2, 0) is 6.54 Å². The Morgan fingerprint density at radius 3 is 2.60 bits per heavy atom. The monoisotopic (exact) mass is 272 g/mol. The van der Waals surface area contributed by atoms with Gasteiger partial charge in [-0.2, -0.15) is 0 Å². The van der Waals surface area contributed by atoms with Gasteiger partial charge in [-0.1, -0.05) is 24.3 Å². The van der Waals surface area contributed by atoms with Gasteiger partial charge in [0.15, 0.2) is 0 Å². The topological polar surface area (TPSA) is 46.3 Å². The van der Waals surface area contributed by atoms with Crippen LogP contribution in [-0.4, -0.2) is 13.0 Å². The van der Waals surface area contributed by atoms with E-state index in [1.54, 1.807) is 26.1 Å². The SMILES string of the molecule is Cc1ccc(C(=O)N(C)c2ccccc2CN)c(F)c1. The van der Waals surface area contributed by atoms with E-state index in [2.05, 4.69) is 0 Å². The molecule has 0 spiro atoms. The maximum absolute atomic E-state index is 13.9. The van der Waals surface area contributed by atoms with Crippen LogP contribution in [0.25, 0.3) is 0 Å². The van der Waals surface area contributed by atoms with Crippen LogP contribution in [0.3, 0.4) is 0 Å². The molecular formula is C16H17FN2O. The quantitative estimate of drug-likeness (QED) is 0.934. The number of carbonyl (C=O) groups excluding carboxylic acids is 1. The number of nitrogens with zero attached hydrogens (tertiary/aromatic N) is 1. The second-order valence-electron chi connectivity index (χ2n) is 4.68. The second kappa shape index (κ2) is 5.84. The number of hydrogen-bond acceptors (Lipinski definition) is 2. The van der Waals surface area contributed by atoms with Gasteiger partial charge in [-0.3, -0.25) is 4.79 Å². The number of halogens is 1. The van der Waals surface area contributed by atoms with Crippen molar-refractivity contribution in [3.8, 4) is 0 Å². The minimum Gasteiger partial charge on any atom is -0.326 e. The molecule has 0 radical (unpaired) electrons. The Labute approximate surface area is 117 Å². The molecule has 4 heteroatoms. The maximum atomic E-state index is 13.9. The molecule has 0 aliphatic heterocycles. The molecule has 0 heterocycles. The molecule has 0 bridgehead atoms. The number of rotatable bonds is 3. The summed E-state index contributed by atoms with van der Waals surface area (Å²) in [5.74, 6) is -0.893. The lowest BCUT2D eigenvalue weighted by molar-refractivity contribution is 0.0989. The van der Waals surface area contributed by atoms with Crippen molar-refractivity contribution in [1.82, 2.24) is 0 Å². The van der Waals surface area contributed by atoms with Gasteiger partial charge in [0, 0.05) is 19.3 Å². The van der Waals surface area contributed by atoms with Crippen molar-refractivity contribution >= 4 is 11.6 Å². The summed E-state index contributed by atoms with van der Waals surface area (Å²) in [6.45, 7) is 2.11. The lowest BCUT2D eigenvalue weighted by atomic mass is 10.1. The number of para-hydroxylation sites is 1. The van der Waals surface area contributed by atoms with Crippen LogP contribution >= 0.6 is 0 Å². The van der Waals surface area contributed by atoms with E-state index >= 15 is 0 Å². The first-order valence-electron chi connectivity index (χ1n) is 6.36. The van der Waals surface area contributed by atoms with Crippen LogP contribution in [0.1, 0.15) is 21.5 Å². The molecule has 1 amide bonds. The summed E-state index contributed by atoms with van der Waals surface area (Å²) in [7, 11) is 1.62. The molecule has 2 aromatic carbocycles. The molecule has 0 unspecified atom stereocenters. The predicted octanol–water partition coefficient (Wildman–Crippen LogP) is 2.87. The van der Waals surface area contributed by atoms with Crippen molar-refractivity contribution in [2.75, 3.05) is 11.9 Å². The summed E-state index contributed by atoms with van der Waals surface area (Å²) in [5, 5.41) is 0. The number of benzene rings is 2. The Bertz CT molecular complexity index is 640. The van der Waals surface area contributed by atoms with E-state index in [0.717, 1.165) is 11.1 Å². The van der Waals surface area contributed by atoms with Crippen LogP contribution in [0.2, 0.25) is 0 Å². The maximum Gasteiger partial charge on any atom is 0.260 e. The van der Waals surface area contributed by atoms with Crippen LogP contribution in [0.5, 0.6) is 0 Å². The Morgan fingerprint density at radius 2 is 1.95 bits per heavy atom. The predicted molar refractivity (Wildman–Crippen MR) is 78.2 cm³/mol. The van der Waals surface area contributed by atoms with Gasteiger partial charge in [0.2, 0.25) is 0 Å². The highest BCUT2D eigenvalue weighted by molar-refractivity contribution is 6.06. The molecule has 0 aliphatic rings. The average molecular weight is 272 g/mol. The molecule has 104 valence electrons. The van der Waals surface area contributed by atoms with Crippen molar-refractivity contribution in [2.24, 2.45) is 5.73 Å². The zero-order valence-electron chi connectivity index (χ0n) is 11.6. The van der Waals surface area contributed by atoms with Crippen molar-refractivity contribution in [3.05, 3.63) is 65.0 Å². The largest absolute Gasteiger partial charge is 0.326 e. The molecule has 2 N–H and O–H groups in total. The minimum absolute atomic E-state index is 0.0601. The van der Waals surface area contributed by atoms with Gasteiger partial charge in [0.1, 0.15) is 5.82 Å². The minimum atomic E-state index is -0.507. The van der Waals surface area contributed by atoms with Gasteiger partial charge in [-0.15, -0.1) is 0 Å². The lowest BCUT2D eigenvalue weighted by Crippen LogP contribution is -2.28. The molecule has 0 saturated carbocycles. The Morgan fingerprint density at radius 1 is 1.25 bits per heavy atom. The summed E-state index contributed by atoms with van der Waals surface area (Å²) in [5.41, 5.74) is 8.04. The zero-order chi connectivity index (χ0) is 14.7. The number of anilines is 1. The van der Waals surface area contributed by atoms with E-state index in [-0.39, 0.29) is 11.5 Å². The van der Waals surface area contributed by atoms with E-state index in [1.807, 2.05) is 18.2 Å². The van der Waals surface area contributed by atoms with E-state index in [0.29, 0.717) is 12.2 Å². The third kappa shape index (κ3) is 2.70. The summed E-state index contributed by atoms with van der Waals surface area (Å²) in [4.78, 5) is 13.8. The summed E-state index contributed by atoms with van der Waals surface area (Å²) in [6, 6.07) is 11.9. The number of aryl methyl sites for hydroxylation is 1. The molecular weight excluding hydrogens is 255 g/mol. The first-order chi connectivity index (χ1) is 9.54. The first-order valence-corrected chi connectivity index (χ1v) is 6.36. The van der Waals surface area contributed by atoms with Crippen molar-refractivity contribution in [2.45, 2.75) is 13.5 Å². The van der Waals surface area contributed by atoms with Crippen LogP contribution in [0.4, 0.5) is 10.1 Å². The van der Waals surface area contributed by atoms with Crippen molar-refractivity contribution < 1.29 is 9.18 Å². The van der Waals surface area contributed by atoms with Crippen LogP contribution in [0.15, 0.2) is 42.5 Å². The lowest BCUT2D eigenvalue weighted by Gasteiger charge is -2.20. The Kier molecular flexibility index (Phi) is 4.15. The van der Waals surface area contributed by atoms with E-state index in [1.165, 1.54) is 17.0 Å². The van der Waals surface area contributed by atoms with Gasteiger partial charge in [-0.05, 0) is 36.2 Å². The van der Waals surface area contributed by atoms with E-state index < -0.39 is 5.82 Å². The molecule has 2 aromatic rings. The van der Waals surface area contributed by atoms with E-state index in [4.69, 9.17) is 5.73 Å². The summed E-state index contributed by atoms with van der Waals surface area (Å²) in [6.07, 6.45) is 0. The van der Waals surface area contributed by atoms with Gasteiger partial charge in [0.05, 0.1) is 5.56 Å². The highest BCUT2D eigenvalue weighted by Crippen LogP contribution is 2.21. The Hall–Kier alpha value is -2.20. The van der Waals surface area contributed by atoms with Crippen molar-refractivity contribution in [1.29, 1.82) is 0 Å². The highest BCUT2D eigenvalue weighted by Gasteiger charge is 2.18. The average Bonchev–Trinajstić information content (AvgIpc) is 2.45. The number of nitrogens with two attached hydrogens (primary N) is 1. The standard InChI is InChI=1S/C16H17FN2O/c1-11-7-8-13(14(17)9-11)16(20)19(2)15-6-4-3-5-12(15)10-18/h3-9H,10,18H2,1-2H3.